The van der Waals surface area contributed by atoms with Crippen molar-refractivity contribution in [3.8, 4) is 0 Å². The third kappa shape index (κ3) is 3.64. The van der Waals surface area contributed by atoms with Crippen molar-refractivity contribution in [1.29, 1.82) is 0 Å². The highest BCUT2D eigenvalue weighted by Crippen LogP contribution is 2.68. The van der Waals surface area contributed by atoms with Crippen LogP contribution in [0.5, 0.6) is 0 Å². The van der Waals surface area contributed by atoms with Crippen LogP contribution in [0.2, 0.25) is 0 Å². The van der Waals surface area contributed by atoms with E-state index in [0.29, 0.717) is 16.9 Å². The number of thiazole rings is 1. The molecule has 1 aromatic carbocycles. The Morgan fingerprint density at radius 1 is 1.15 bits per heavy atom. The molecule has 2 fully saturated rings. The Morgan fingerprint density at radius 3 is 2.52 bits per heavy atom. The Balaban J connectivity index is 1.19. The average Bonchev–Trinajstić information content (AvgIpc) is 3.22. The molecule has 1 aliphatic carbocycles. The smallest absolute Gasteiger partial charge is 0.338 e. The monoisotopic (exact) mass is 467 g/mol. The number of piperidine rings is 1. The lowest BCUT2D eigenvalue weighted by Gasteiger charge is -2.31. The maximum absolute atomic E-state index is 13.0. The van der Waals surface area contributed by atoms with Gasteiger partial charge in [-0.3, -0.25) is 9.59 Å². The summed E-state index contributed by atoms with van der Waals surface area (Å²) >= 11 is 1.49. The Kier molecular flexibility index (Phi) is 5.12. The predicted octanol–water partition coefficient (Wildman–Crippen LogP) is 4.45. The fourth-order valence-electron chi connectivity index (χ4n) is 5.31. The summed E-state index contributed by atoms with van der Waals surface area (Å²) in [6.07, 6.45) is 1.72. The van der Waals surface area contributed by atoms with Gasteiger partial charge in [0.2, 0.25) is 5.91 Å². The van der Waals surface area contributed by atoms with E-state index in [1.54, 1.807) is 23.6 Å². The first-order valence-corrected chi connectivity index (χ1v) is 12.3. The van der Waals surface area contributed by atoms with Crippen molar-refractivity contribution in [2.45, 2.75) is 53.1 Å². The molecule has 0 bridgehead atoms. The van der Waals surface area contributed by atoms with Gasteiger partial charge in [-0.15, -0.1) is 11.3 Å². The number of anilines is 1. The molecular formula is C25H29N3O4S. The van der Waals surface area contributed by atoms with Gasteiger partial charge in [-0.2, -0.15) is 0 Å². The van der Waals surface area contributed by atoms with Crippen molar-refractivity contribution < 1.29 is 19.1 Å². The maximum atomic E-state index is 13.0. The number of cyclic esters (lactones) is 1. The van der Waals surface area contributed by atoms with E-state index in [-0.39, 0.29) is 47.1 Å². The van der Waals surface area contributed by atoms with E-state index in [2.05, 4.69) is 38.0 Å². The van der Waals surface area contributed by atoms with Crippen LogP contribution in [-0.4, -0.2) is 40.8 Å². The van der Waals surface area contributed by atoms with Crippen LogP contribution in [-0.2, 0) is 16.1 Å². The lowest BCUT2D eigenvalue weighted by atomic mass is 9.96. The zero-order valence-corrected chi connectivity index (χ0v) is 20.3. The summed E-state index contributed by atoms with van der Waals surface area (Å²) in [7, 11) is 0. The quantitative estimate of drug-likeness (QED) is 0.671. The molecule has 1 N–H and O–H groups in total. The van der Waals surface area contributed by atoms with Gasteiger partial charge in [0, 0.05) is 41.6 Å². The fourth-order valence-corrected chi connectivity index (χ4v) is 6.28. The van der Waals surface area contributed by atoms with E-state index in [4.69, 9.17) is 4.74 Å². The third-order valence-electron chi connectivity index (χ3n) is 8.12. The minimum absolute atomic E-state index is 0.0532. The molecule has 174 valence electrons. The van der Waals surface area contributed by atoms with E-state index in [1.165, 1.54) is 11.3 Å². The van der Waals surface area contributed by atoms with Gasteiger partial charge in [-0.1, -0.05) is 33.8 Å². The van der Waals surface area contributed by atoms with Crippen LogP contribution in [0.4, 0.5) is 5.69 Å². The highest BCUT2D eigenvalue weighted by molar-refractivity contribution is 7.10. The SMILES string of the molecule is CC1(C)C(C(=O)N2CCC(c3nc(C(=O)Nc4ccc5c(c4)C(=O)OC5)cs3)CC2)C1(C)C. The summed E-state index contributed by atoms with van der Waals surface area (Å²) in [5.74, 6) is -0.0282. The molecule has 1 saturated heterocycles. The van der Waals surface area contributed by atoms with Crippen LogP contribution < -0.4 is 5.32 Å². The molecule has 7 nitrogen and oxygen atoms in total. The molecule has 3 aliphatic rings. The number of benzene rings is 1. The molecule has 0 radical (unpaired) electrons. The van der Waals surface area contributed by atoms with E-state index >= 15 is 0 Å². The molecule has 0 atom stereocenters. The molecule has 3 heterocycles. The number of hydrogen-bond acceptors (Lipinski definition) is 6. The van der Waals surface area contributed by atoms with Gasteiger partial charge in [-0.25, -0.2) is 9.78 Å². The molecule has 2 aromatic rings. The number of nitrogens with one attached hydrogen (secondary N) is 1. The summed E-state index contributed by atoms with van der Waals surface area (Å²) in [5, 5.41) is 5.54. The number of hydrogen-bond donors (Lipinski definition) is 1. The zero-order chi connectivity index (χ0) is 23.5. The van der Waals surface area contributed by atoms with Gasteiger partial charge < -0.3 is 15.0 Å². The van der Waals surface area contributed by atoms with Gasteiger partial charge in [0.05, 0.1) is 10.6 Å². The van der Waals surface area contributed by atoms with Crippen LogP contribution in [0.3, 0.4) is 0 Å². The van der Waals surface area contributed by atoms with Gasteiger partial charge in [0.25, 0.3) is 5.91 Å². The zero-order valence-electron chi connectivity index (χ0n) is 19.4. The predicted molar refractivity (Wildman–Crippen MR) is 125 cm³/mol. The largest absolute Gasteiger partial charge is 0.457 e. The van der Waals surface area contributed by atoms with Crippen molar-refractivity contribution in [3.05, 3.63) is 45.4 Å². The molecule has 0 spiro atoms. The van der Waals surface area contributed by atoms with Crippen molar-refractivity contribution in [1.82, 2.24) is 9.88 Å². The minimum Gasteiger partial charge on any atom is -0.457 e. The van der Waals surface area contributed by atoms with E-state index < -0.39 is 0 Å². The second-order valence-electron chi connectivity index (χ2n) is 10.4. The lowest BCUT2D eigenvalue weighted by Crippen LogP contribution is -2.39. The number of carbonyl (C=O) groups excluding carboxylic acids is 3. The van der Waals surface area contributed by atoms with Crippen molar-refractivity contribution in [3.63, 3.8) is 0 Å². The molecule has 0 unspecified atom stereocenters. The average molecular weight is 468 g/mol. The van der Waals surface area contributed by atoms with Crippen molar-refractivity contribution in [2.24, 2.45) is 16.7 Å². The maximum Gasteiger partial charge on any atom is 0.338 e. The van der Waals surface area contributed by atoms with E-state index in [1.807, 2.05) is 4.90 Å². The Hall–Kier alpha value is -2.74. The second-order valence-corrected chi connectivity index (χ2v) is 11.3. The summed E-state index contributed by atoms with van der Waals surface area (Å²) < 4.78 is 5.01. The molecular weight excluding hydrogens is 438 g/mol. The Bertz CT molecular complexity index is 1130. The van der Waals surface area contributed by atoms with Gasteiger partial charge in [0.15, 0.2) is 0 Å². The molecule has 2 amide bonds. The van der Waals surface area contributed by atoms with Crippen molar-refractivity contribution in [2.75, 3.05) is 18.4 Å². The van der Waals surface area contributed by atoms with Gasteiger partial charge >= 0.3 is 5.97 Å². The standard InChI is InChI=1S/C25H29N3O4S/c1-24(2)19(25(24,3)4)22(30)28-9-7-14(8-10-28)21-27-18(13-33-21)20(29)26-16-6-5-15-12-32-23(31)17(15)11-16/h5-6,11,13-14,19H,7-10,12H2,1-4H3,(H,26,29). The summed E-state index contributed by atoms with van der Waals surface area (Å²) in [6.45, 7) is 10.5. The van der Waals surface area contributed by atoms with Gasteiger partial charge in [-0.05, 0) is 35.8 Å². The first-order valence-electron chi connectivity index (χ1n) is 11.4. The third-order valence-corrected chi connectivity index (χ3v) is 9.13. The van der Waals surface area contributed by atoms with Crippen LogP contribution >= 0.6 is 11.3 Å². The van der Waals surface area contributed by atoms with Crippen LogP contribution in [0.15, 0.2) is 23.6 Å². The number of aromatic nitrogens is 1. The highest BCUT2D eigenvalue weighted by Gasteiger charge is 2.68. The molecule has 33 heavy (non-hydrogen) atoms. The summed E-state index contributed by atoms with van der Waals surface area (Å²) in [4.78, 5) is 44.1. The summed E-state index contributed by atoms with van der Waals surface area (Å²) in [6, 6.07) is 5.20. The van der Waals surface area contributed by atoms with Crippen LogP contribution in [0.1, 0.15) is 77.9 Å². The lowest BCUT2D eigenvalue weighted by molar-refractivity contribution is -0.134. The highest BCUT2D eigenvalue weighted by atomic mass is 32.1. The number of ether oxygens (including phenoxy) is 1. The number of esters is 1. The van der Waals surface area contributed by atoms with Gasteiger partial charge in [0.1, 0.15) is 12.3 Å². The Labute approximate surface area is 197 Å². The number of carbonyl (C=O) groups is 3. The number of amides is 2. The molecule has 1 saturated carbocycles. The fraction of sp³-hybridized carbons (Fsp3) is 0.520. The number of likely N-dealkylation sites (tertiary alicyclic amines) is 1. The first-order chi connectivity index (χ1) is 15.6. The van der Waals surface area contributed by atoms with E-state index in [0.717, 1.165) is 36.5 Å². The number of rotatable bonds is 4. The molecule has 8 heteroatoms. The molecule has 5 rings (SSSR count). The minimum atomic E-state index is -0.365. The molecule has 1 aromatic heterocycles. The summed E-state index contributed by atoms with van der Waals surface area (Å²) in [5.41, 5.74) is 2.34. The number of fused-ring (bicyclic) bond motifs is 1. The van der Waals surface area contributed by atoms with Crippen LogP contribution in [0.25, 0.3) is 0 Å². The van der Waals surface area contributed by atoms with E-state index in [9.17, 15) is 14.4 Å². The number of nitrogens with zero attached hydrogens (tertiary/aromatic N) is 2. The van der Waals surface area contributed by atoms with Crippen molar-refractivity contribution >= 4 is 34.8 Å². The second kappa shape index (κ2) is 7.65. The molecule has 2 aliphatic heterocycles. The topological polar surface area (TPSA) is 88.6 Å². The normalized spacial score (nSPS) is 21.5. The first kappa shape index (κ1) is 22.1. The van der Waals surface area contributed by atoms with Crippen LogP contribution in [0, 0.1) is 16.7 Å². The Morgan fingerprint density at radius 2 is 1.85 bits per heavy atom.